The first-order chi connectivity index (χ1) is 9.97. The van der Waals surface area contributed by atoms with Crippen LogP contribution in [0.1, 0.15) is 12.0 Å². The van der Waals surface area contributed by atoms with Gasteiger partial charge >= 0.3 is 6.09 Å². The predicted octanol–water partition coefficient (Wildman–Crippen LogP) is 2.04. The zero-order chi connectivity index (χ0) is 15.4. The number of carbonyl (C=O) groups excluding carboxylic acids is 1. The van der Waals surface area contributed by atoms with Crippen molar-refractivity contribution in [2.24, 2.45) is 0 Å². The number of halogens is 1. The summed E-state index contributed by atoms with van der Waals surface area (Å²) < 4.78 is 0.863. The van der Waals surface area contributed by atoms with Crippen molar-refractivity contribution in [1.29, 1.82) is 0 Å². The lowest BCUT2D eigenvalue weighted by Crippen LogP contribution is -2.53. The molecule has 1 aliphatic rings. The number of benzene rings is 1. The van der Waals surface area contributed by atoms with E-state index in [1.807, 2.05) is 25.1 Å². The number of hydrogen-bond acceptors (Lipinski definition) is 3. The highest BCUT2D eigenvalue weighted by molar-refractivity contribution is 9.10. The lowest BCUT2D eigenvalue weighted by atomic mass is 10.1. The zero-order valence-corrected chi connectivity index (χ0v) is 13.3. The monoisotopic (exact) mass is 355 g/mol. The summed E-state index contributed by atoms with van der Waals surface area (Å²) in [5.74, 6) is -0.133. The molecular formula is C14H18BrN3O3. The van der Waals surface area contributed by atoms with E-state index in [1.165, 1.54) is 4.90 Å². The summed E-state index contributed by atoms with van der Waals surface area (Å²) >= 11 is 3.45. The number of anilines is 1. The van der Waals surface area contributed by atoms with Crippen LogP contribution in [0.25, 0.3) is 0 Å². The van der Waals surface area contributed by atoms with Crippen LogP contribution in [0.5, 0.6) is 0 Å². The fraction of sp³-hybridized carbons (Fsp3) is 0.429. The quantitative estimate of drug-likeness (QED) is 0.774. The minimum atomic E-state index is -0.941. The van der Waals surface area contributed by atoms with Crippen LogP contribution in [0.3, 0.4) is 0 Å². The van der Waals surface area contributed by atoms with Gasteiger partial charge in [0.05, 0.1) is 5.69 Å². The van der Waals surface area contributed by atoms with Crippen LogP contribution in [-0.2, 0) is 4.79 Å². The predicted molar refractivity (Wildman–Crippen MR) is 83.5 cm³/mol. The highest BCUT2D eigenvalue weighted by Crippen LogP contribution is 2.25. The van der Waals surface area contributed by atoms with Crippen LogP contribution in [0, 0.1) is 6.92 Å². The fourth-order valence-electron chi connectivity index (χ4n) is 2.30. The summed E-state index contributed by atoms with van der Waals surface area (Å²) in [4.78, 5) is 24.4. The molecule has 2 amide bonds. The van der Waals surface area contributed by atoms with Crippen molar-refractivity contribution >= 4 is 33.6 Å². The van der Waals surface area contributed by atoms with Crippen molar-refractivity contribution in [2.75, 3.05) is 25.0 Å². The van der Waals surface area contributed by atoms with Gasteiger partial charge < -0.3 is 20.6 Å². The van der Waals surface area contributed by atoms with Gasteiger partial charge in [-0.2, -0.15) is 0 Å². The fourth-order valence-corrected chi connectivity index (χ4v) is 2.67. The number of rotatable bonds is 3. The number of nitrogens with one attached hydrogen (secondary N) is 2. The molecule has 0 radical (unpaired) electrons. The van der Waals surface area contributed by atoms with Gasteiger partial charge in [-0.25, -0.2) is 4.79 Å². The third-order valence-electron chi connectivity index (χ3n) is 3.42. The standard InChI is InChI=1S/C14H18BrN3O3/c1-9-3-2-4-11(13(9)15)17-12(19)7-10-8-18(14(20)21)6-5-16-10/h2-4,10,16H,5-8H2,1H3,(H,17,19)(H,20,21). The molecule has 1 unspecified atom stereocenters. The van der Waals surface area contributed by atoms with Crippen LogP contribution in [0.4, 0.5) is 10.5 Å². The van der Waals surface area contributed by atoms with Crippen molar-refractivity contribution in [3.05, 3.63) is 28.2 Å². The SMILES string of the molecule is Cc1cccc(NC(=O)CC2CN(C(=O)O)CCN2)c1Br. The van der Waals surface area contributed by atoms with Crippen molar-refractivity contribution < 1.29 is 14.7 Å². The average Bonchev–Trinajstić information content (AvgIpc) is 2.44. The highest BCUT2D eigenvalue weighted by Gasteiger charge is 2.24. The third-order valence-corrected chi connectivity index (χ3v) is 4.48. The van der Waals surface area contributed by atoms with E-state index in [4.69, 9.17) is 5.11 Å². The third kappa shape index (κ3) is 4.18. The van der Waals surface area contributed by atoms with E-state index in [0.717, 1.165) is 15.7 Å². The van der Waals surface area contributed by atoms with Gasteiger partial charge in [-0.05, 0) is 34.5 Å². The Morgan fingerprint density at radius 3 is 3.00 bits per heavy atom. The summed E-state index contributed by atoms with van der Waals surface area (Å²) in [5, 5.41) is 15.0. The maximum absolute atomic E-state index is 12.1. The topological polar surface area (TPSA) is 81.7 Å². The molecule has 0 saturated carbocycles. The molecule has 1 atom stereocenters. The molecule has 1 aromatic carbocycles. The summed E-state index contributed by atoms with van der Waals surface area (Å²) in [6.45, 7) is 3.31. The molecule has 1 aromatic rings. The molecular weight excluding hydrogens is 338 g/mol. The lowest BCUT2D eigenvalue weighted by molar-refractivity contribution is -0.116. The van der Waals surface area contributed by atoms with Crippen LogP contribution in [-0.4, -0.2) is 47.7 Å². The molecule has 1 fully saturated rings. The molecule has 21 heavy (non-hydrogen) atoms. The lowest BCUT2D eigenvalue weighted by Gasteiger charge is -2.31. The molecule has 0 spiro atoms. The number of nitrogens with zero attached hydrogens (tertiary/aromatic N) is 1. The van der Waals surface area contributed by atoms with E-state index in [9.17, 15) is 9.59 Å². The number of carbonyl (C=O) groups is 2. The van der Waals surface area contributed by atoms with Gasteiger partial charge in [-0.1, -0.05) is 12.1 Å². The molecule has 6 nitrogen and oxygen atoms in total. The minimum Gasteiger partial charge on any atom is -0.465 e. The van der Waals surface area contributed by atoms with Gasteiger partial charge in [0.1, 0.15) is 0 Å². The molecule has 0 bridgehead atoms. The molecule has 2 rings (SSSR count). The first-order valence-corrected chi connectivity index (χ1v) is 7.53. The van der Waals surface area contributed by atoms with Crippen molar-refractivity contribution in [2.45, 2.75) is 19.4 Å². The normalized spacial score (nSPS) is 18.4. The van der Waals surface area contributed by atoms with E-state index in [-0.39, 0.29) is 18.4 Å². The van der Waals surface area contributed by atoms with Crippen LogP contribution >= 0.6 is 15.9 Å². The Morgan fingerprint density at radius 1 is 1.52 bits per heavy atom. The number of hydrogen-bond donors (Lipinski definition) is 3. The number of aryl methyl sites for hydroxylation is 1. The van der Waals surface area contributed by atoms with Gasteiger partial charge in [-0.3, -0.25) is 4.79 Å². The molecule has 0 aliphatic carbocycles. The van der Waals surface area contributed by atoms with E-state index < -0.39 is 6.09 Å². The molecule has 7 heteroatoms. The van der Waals surface area contributed by atoms with E-state index in [0.29, 0.717) is 19.6 Å². The Morgan fingerprint density at radius 2 is 2.29 bits per heavy atom. The summed E-state index contributed by atoms with van der Waals surface area (Å²) in [7, 11) is 0. The number of amides is 2. The summed E-state index contributed by atoms with van der Waals surface area (Å²) in [5.41, 5.74) is 1.77. The molecule has 1 saturated heterocycles. The molecule has 1 aliphatic heterocycles. The van der Waals surface area contributed by atoms with Crippen molar-refractivity contribution in [3.8, 4) is 0 Å². The Bertz CT molecular complexity index is 550. The van der Waals surface area contributed by atoms with Gasteiger partial charge in [0.15, 0.2) is 0 Å². The largest absolute Gasteiger partial charge is 0.465 e. The van der Waals surface area contributed by atoms with Crippen LogP contribution in [0.2, 0.25) is 0 Å². The average molecular weight is 356 g/mol. The number of carboxylic acid groups (broad SMARTS) is 1. The second-order valence-electron chi connectivity index (χ2n) is 5.07. The van der Waals surface area contributed by atoms with Gasteiger partial charge in [-0.15, -0.1) is 0 Å². The maximum Gasteiger partial charge on any atom is 0.407 e. The zero-order valence-electron chi connectivity index (χ0n) is 11.7. The maximum atomic E-state index is 12.1. The van der Waals surface area contributed by atoms with Gasteiger partial charge in [0.25, 0.3) is 0 Å². The van der Waals surface area contributed by atoms with Gasteiger partial charge in [0, 0.05) is 36.6 Å². The first-order valence-electron chi connectivity index (χ1n) is 6.73. The van der Waals surface area contributed by atoms with Gasteiger partial charge in [0.2, 0.25) is 5.91 Å². The van der Waals surface area contributed by atoms with Crippen LogP contribution in [0.15, 0.2) is 22.7 Å². The first kappa shape index (κ1) is 15.8. The second-order valence-corrected chi connectivity index (χ2v) is 5.86. The Hall–Kier alpha value is -1.60. The van der Waals surface area contributed by atoms with Crippen molar-refractivity contribution in [3.63, 3.8) is 0 Å². The molecule has 3 N–H and O–H groups in total. The van der Waals surface area contributed by atoms with E-state index in [2.05, 4.69) is 26.6 Å². The molecule has 1 heterocycles. The minimum absolute atomic E-state index is 0.133. The Kier molecular flexibility index (Phi) is 5.19. The summed E-state index contributed by atoms with van der Waals surface area (Å²) in [6.07, 6.45) is -0.701. The van der Waals surface area contributed by atoms with E-state index >= 15 is 0 Å². The smallest absolute Gasteiger partial charge is 0.407 e. The molecule has 0 aromatic heterocycles. The van der Waals surface area contributed by atoms with Crippen LogP contribution < -0.4 is 10.6 Å². The van der Waals surface area contributed by atoms with Crippen molar-refractivity contribution in [1.82, 2.24) is 10.2 Å². The highest BCUT2D eigenvalue weighted by atomic mass is 79.9. The van der Waals surface area contributed by atoms with E-state index in [1.54, 1.807) is 0 Å². The second kappa shape index (κ2) is 6.91. The molecule has 114 valence electrons. The summed E-state index contributed by atoms with van der Waals surface area (Å²) in [6, 6.07) is 5.50. The Labute approximate surface area is 131 Å². The Balaban J connectivity index is 1.92. The number of piperazine rings is 1.